The zero-order valence-corrected chi connectivity index (χ0v) is 26.8. The van der Waals surface area contributed by atoms with Crippen LogP contribution in [-0.4, -0.2) is 37.3 Å². The smallest absolute Gasteiger partial charge is 0.338 e. The van der Waals surface area contributed by atoms with Crippen LogP contribution in [0.15, 0.2) is 92.3 Å². The number of methoxy groups -OCH3 is 2. The van der Waals surface area contributed by atoms with Crippen molar-refractivity contribution < 1.29 is 23.8 Å². The van der Waals surface area contributed by atoms with Crippen LogP contribution in [0, 0.1) is 0 Å². The lowest BCUT2D eigenvalue weighted by molar-refractivity contribution is -0.139. The van der Waals surface area contributed by atoms with Crippen molar-refractivity contribution in [3.63, 3.8) is 0 Å². The van der Waals surface area contributed by atoms with Gasteiger partial charge in [-0.25, -0.2) is 9.79 Å². The van der Waals surface area contributed by atoms with E-state index in [1.807, 2.05) is 54.6 Å². The van der Waals surface area contributed by atoms with Crippen LogP contribution < -0.4 is 29.3 Å². The van der Waals surface area contributed by atoms with Crippen molar-refractivity contribution in [3.8, 4) is 11.5 Å². The second kappa shape index (κ2) is 11.9. The Hall–Kier alpha value is -4.48. The van der Waals surface area contributed by atoms with Gasteiger partial charge in [-0.15, -0.1) is 0 Å². The van der Waals surface area contributed by atoms with Gasteiger partial charge < -0.3 is 19.1 Å². The van der Waals surface area contributed by atoms with Gasteiger partial charge in [-0.2, -0.15) is 0 Å². The lowest BCUT2D eigenvalue weighted by Crippen LogP contribution is -2.41. The lowest BCUT2D eigenvalue weighted by atomic mass is 9.95. The Morgan fingerprint density at radius 1 is 1.00 bits per heavy atom. The second-order valence-electron chi connectivity index (χ2n) is 10.1. The molecule has 9 nitrogen and oxygen atoms in total. The Bertz CT molecular complexity index is 2030. The molecule has 224 valence electrons. The number of amides is 1. The number of hydrogen-bond acceptors (Lipinski definition) is 8. The molecule has 0 unspecified atom stereocenters. The molecule has 1 atom stereocenters. The number of para-hydroxylation sites is 1. The number of aromatic nitrogens is 1. The molecule has 0 N–H and O–H groups in total. The summed E-state index contributed by atoms with van der Waals surface area (Å²) in [4.78, 5) is 48.8. The van der Waals surface area contributed by atoms with E-state index in [0.29, 0.717) is 49.7 Å². The van der Waals surface area contributed by atoms with Crippen molar-refractivity contribution in [2.24, 2.45) is 4.99 Å². The normalized spacial score (nSPS) is 16.8. The molecule has 2 aliphatic heterocycles. The maximum atomic E-state index is 14.5. The molecule has 4 aromatic rings. The van der Waals surface area contributed by atoms with Crippen LogP contribution >= 0.6 is 27.3 Å². The van der Waals surface area contributed by atoms with Gasteiger partial charge in [-0.3, -0.25) is 14.2 Å². The van der Waals surface area contributed by atoms with Gasteiger partial charge >= 0.3 is 5.97 Å². The molecule has 1 aromatic heterocycles. The quantitative estimate of drug-likeness (QED) is 0.268. The number of nitrogens with zero attached hydrogens (tertiary/aromatic N) is 3. The highest BCUT2D eigenvalue weighted by Gasteiger charge is 2.38. The molecule has 2 aliphatic rings. The second-order valence-corrected chi connectivity index (χ2v) is 12.0. The summed E-state index contributed by atoms with van der Waals surface area (Å²) >= 11 is 4.75. The number of rotatable bonds is 7. The molecule has 0 fully saturated rings. The monoisotopic (exact) mass is 673 g/mol. The summed E-state index contributed by atoms with van der Waals surface area (Å²) in [5.74, 6) is 0.0352. The number of benzene rings is 3. The van der Waals surface area contributed by atoms with Crippen molar-refractivity contribution in [2.45, 2.75) is 26.4 Å². The number of fused-ring (bicyclic) bond motifs is 2. The van der Waals surface area contributed by atoms with Gasteiger partial charge in [0.15, 0.2) is 16.3 Å². The predicted molar refractivity (Wildman–Crippen MR) is 171 cm³/mol. The topological polar surface area (TPSA) is 99.4 Å². The molecule has 0 spiro atoms. The zero-order valence-electron chi connectivity index (χ0n) is 24.4. The third kappa shape index (κ3) is 4.86. The third-order valence-corrected chi connectivity index (χ3v) is 9.36. The van der Waals surface area contributed by atoms with Crippen LogP contribution in [0.5, 0.6) is 11.5 Å². The number of thiazole rings is 1. The predicted octanol–water partition coefficient (Wildman–Crippen LogP) is 4.50. The minimum atomic E-state index is -0.916. The summed E-state index contributed by atoms with van der Waals surface area (Å²) in [5, 5.41) is 0. The largest absolute Gasteiger partial charge is 0.493 e. The highest BCUT2D eigenvalue weighted by Crippen LogP contribution is 2.41. The van der Waals surface area contributed by atoms with E-state index in [1.165, 1.54) is 18.8 Å². The lowest BCUT2D eigenvalue weighted by Gasteiger charge is -2.26. The summed E-state index contributed by atoms with van der Waals surface area (Å²) in [6.07, 6.45) is 0. The van der Waals surface area contributed by atoms with E-state index in [2.05, 4.69) is 20.9 Å². The van der Waals surface area contributed by atoms with Gasteiger partial charge in [-0.1, -0.05) is 75.8 Å². The van der Waals surface area contributed by atoms with E-state index in [4.69, 9.17) is 14.2 Å². The number of hydrogen-bond donors (Lipinski definition) is 0. The van der Waals surface area contributed by atoms with Gasteiger partial charge in [0.1, 0.15) is 4.53 Å². The summed E-state index contributed by atoms with van der Waals surface area (Å²) < 4.78 is 18.8. The van der Waals surface area contributed by atoms with E-state index in [1.54, 1.807) is 30.9 Å². The summed E-state index contributed by atoms with van der Waals surface area (Å²) in [5.41, 5.74) is 3.43. The van der Waals surface area contributed by atoms with E-state index < -0.39 is 17.6 Å². The van der Waals surface area contributed by atoms with Gasteiger partial charge in [0.25, 0.3) is 11.5 Å². The Labute approximate surface area is 265 Å². The molecule has 6 rings (SSSR count). The molecule has 0 aliphatic carbocycles. The van der Waals surface area contributed by atoms with Gasteiger partial charge in [-0.05, 0) is 43.2 Å². The summed E-state index contributed by atoms with van der Waals surface area (Å²) in [7, 11) is 3.04. The maximum absolute atomic E-state index is 14.5. The molecule has 1 amide bonds. The van der Waals surface area contributed by atoms with Crippen molar-refractivity contribution in [1.82, 2.24) is 4.57 Å². The van der Waals surface area contributed by atoms with Gasteiger partial charge in [0.2, 0.25) is 0 Å². The maximum Gasteiger partial charge on any atom is 0.338 e. The Balaban J connectivity index is 1.61. The Morgan fingerprint density at radius 2 is 1.68 bits per heavy atom. The standard InChI is InChI=1S/C33H28BrN3O6S/c1-5-43-32(40)26-18(2)35-33-37(28(26)21-15-24(41-3)25(42-4)16-22(21)34)31(39)29(44-33)27-20-13-9-10-14-23(20)36(30(27)38)17-19-11-7-6-8-12-19/h6-16,28H,5,17H2,1-4H3/b29-27-/t28-/m1/s1. The van der Waals surface area contributed by atoms with Crippen LogP contribution in [0.2, 0.25) is 0 Å². The van der Waals surface area contributed by atoms with Crippen LogP contribution in [0.1, 0.15) is 36.6 Å². The van der Waals surface area contributed by atoms with Gasteiger partial charge in [0.05, 0.1) is 55.9 Å². The number of carbonyl (C=O) groups excluding carboxylic acids is 2. The van der Waals surface area contributed by atoms with Crippen LogP contribution in [0.3, 0.4) is 0 Å². The molecule has 0 saturated carbocycles. The number of esters is 1. The van der Waals surface area contributed by atoms with Crippen LogP contribution in [0.25, 0.3) is 5.57 Å². The number of anilines is 1. The van der Waals surface area contributed by atoms with Crippen LogP contribution in [-0.2, 0) is 20.9 Å². The van der Waals surface area contributed by atoms with E-state index in [0.717, 1.165) is 22.6 Å². The molecule has 44 heavy (non-hydrogen) atoms. The highest BCUT2D eigenvalue weighted by atomic mass is 79.9. The SMILES string of the molecule is CCOC(=O)C1=C(C)N=c2s/c(=C3\C(=O)N(Cc4ccccc4)c4ccccc43)c(=O)n2[C@@H]1c1cc(OC)c(OC)cc1Br. The first kappa shape index (κ1) is 29.6. The molecule has 0 bridgehead atoms. The molecule has 3 heterocycles. The third-order valence-electron chi connectivity index (χ3n) is 7.62. The summed E-state index contributed by atoms with van der Waals surface area (Å²) in [6.45, 7) is 3.93. The molecular formula is C33H28BrN3O6S. The minimum Gasteiger partial charge on any atom is -0.493 e. The number of allylic oxidation sites excluding steroid dienone is 1. The average molecular weight is 675 g/mol. The highest BCUT2D eigenvalue weighted by molar-refractivity contribution is 9.10. The van der Waals surface area contributed by atoms with Crippen molar-refractivity contribution >= 4 is 50.4 Å². The number of carbonyl (C=O) groups is 2. The average Bonchev–Trinajstić information content (AvgIpc) is 3.48. The molecule has 11 heteroatoms. The summed E-state index contributed by atoms with van der Waals surface area (Å²) in [6, 6.07) is 19.7. The van der Waals surface area contributed by atoms with E-state index >= 15 is 0 Å². The molecule has 3 aromatic carbocycles. The molecular weight excluding hydrogens is 646 g/mol. The number of halogens is 1. The van der Waals surface area contributed by atoms with Crippen molar-refractivity contribution in [1.29, 1.82) is 0 Å². The fraction of sp³-hybridized carbons (Fsp3) is 0.212. The Kier molecular flexibility index (Phi) is 8.00. The van der Waals surface area contributed by atoms with Gasteiger partial charge in [0, 0.05) is 10.0 Å². The number of ether oxygens (including phenoxy) is 3. The van der Waals surface area contributed by atoms with Crippen molar-refractivity contribution in [3.05, 3.63) is 119 Å². The Morgan fingerprint density at radius 3 is 2.39 bits per heavy atom. The van der Waals surface area contributed by atoms with E-state index in [9.17, 15) is 14.4 Å². The minimum absolute atomic E-state index is 0.145. The van der Waals surface area contributed by atoms with E-state index in [-0.39, 0.29) is 22.6 Å². The van der Waals surface area contributed by atoms with Crippen LogP contribution in [0.4, 0.5) is 5.69 Å². The fourth-order valence-electron chi connectivity index (χ4n) is 5.64. The van der Waals surface area contributed by atoms with Crippen molar-refractivity contribution in [2.75, 3.05) is 25.7 Å². The first-order valence-electron chi connectivity index (χ1n) is 13.9. The first-order valence-corrected chi connectivity index (χ1v) is 15.5. The molecule has 0 radical (unpaired) electrons. The zero-order chi connectivity index (χ0) is 31.1. The first-order chi connectivity index (χ1) is 21.3. The fourth-order valence-corrected chi connectivity index (χ4v) is 7.31. The molecule has 0 saturated heterocycles.